The lowest BCUT2D eigenvalue weighted by molar-refractivity contribution is 0.0775. The summed E-state index contributed by atoms with van der Waals surface area (Å²) in [5, 5.41) is 0.568. The number of H-pyrrole nitrogens is 1. The van der Waals surface area contributed by atoms with Crippen LogP contribution in [0, 0.1) is 5.92 Å². The molecule has 0 bridgehead atoms. The van der Waals surface area contributed by atoms with Gasteiger partial charge in [-0.25, -0.2) is 4.79 Å². The zero-order chi connectivity index (χ0) is 17.3. The van der Waals surface area contributed by atoms with Crippen molar-refractivity contribution in [2.24, 2.45) is 5.92 Å². The summed E-state index contributed by atoms with van der Waals surface area (Å²) in [5.41, 5.74) is 0.0806. The maximum Gasteiger partial charge on any atom is 0.328 e. The van der Waals surface area contributed by atoms with E-state index in [9.17, 15) is 9.59 Å². The fraction of sp³-hybridized carbons (Fsp3) is 0.556. The molecule has 1 unspecified atom stereocenters. The number of likely N-dealkylation sites (N-methyl/N-ethyl adjacent to an activating group) is 1. The summed E-state index contributed by atoms with van der Waals surface area (Å²) in [5.74, 6) is 0.367. The molecule has 6 nitrogen and oxygen atoms in total. The van der Waals surface area contributed by atoms with Gasteiger partial charge in [-0.05, 0) is 25.1 Å². The number of nitrogens with one attached hydrogen (secondary N) is 1. The molecule has 130 valence electrons. The molecule has 1 aromatic carbocycles. The number of fused-ring (bicyclic) bond motifs is 1. The number of piperazine rings is 1. The summed E-state index contributed by atoms with van der Waals surface area (Å²) in [7, 11) is 2.13. The molecule has 1 aliphatic rings. The van der Waals surface area contributed by atoms with E-state index in [1.54, 1.807) is 12.1 Å². The molecule has 1 aromatic heterocycles. The maximum atomic E-state index is 12.8. The fourth-order valence-electron chi connectivity index (χ4n) is 3.45. The Hall–Kier alpha value is -1.92. The quantitative estimate of drug-likeness (QED) is 0.907. The average Bonchev–Trinajstić information content (AvgIpc) is 2.56. The topological polar surface area (TPSA) is 61.3 Å². The zero-order valence-corrected chi connectivity index (χ0v) is 14.7. The van der Waals surface area contributed by atoms with E-state index >= 15 is 0 Å². The molecular weight excluding hydrogens is 304 g/mol. The van der Waals surface area contributed by atoms with Gasteiger partial charge >= 0.3 is 5.69 Å². The van der Waals surface area contributed by atoms with Crippen LogP contribution in [-0.4, -0.2) is 58.6 Å². The highest BCUT2D eigenvalue weighted by atomic mass is 16.2. The number of hydrogen-bond acceptors (Lipinski definition) is 4. The van der Waals surface area contributed by atoms with Gasteiger partial charge < -0.3 is 9.88 Å². The van der Waals surface area contributed by atoms with Crippen molar-refractivity contribution in [3.8, 4) is 0 Å². The highest BCUT2D eigenvalue weighted by Crippen LogP contribution is 2.15. The van der Waals surface area contributed by atoms with Gasteiger partial charge in [0.05, 0.1) is 10.9 Å². The number of hydrogen-bond donors (Lipinski definition) is 1. The number of aromatic nitrogens is 2. The Morgan fingerprint density at radius 2 is 1.75 bits per heavy atom. The van der Waals surface area contributed by atoms with Gasteiger partial charge in [0.25, 0.3) is 5.56 Å². The first-order valence-electron chi connectivity index (χ1n) is 8.62. The number of para-hydroxylation sites is 1. The second-order valence-electron chi connectivity index (χ2n) is 7.04. The summed E-state index contributed by atoms with van der Waals surface area (Å²) in [6.07, 6.45) is 0. The van der Waals surface area contributed by atoms with Crippen molar-refractivity contribution in [3.63, 3.8) is 0 Å². The Morgan fingerprint density at radius 1 is 1.08 bits per heavy atom. The van der Waals surface area contributed by atoms with Crippen LogP contribution in [0.4, 0.5) is 0 Å². The summed E-state index contributed by atoms with van der Waals surface area (Å²) < 4.78 is 1.37. The van der Waals surface area contributed by atoms with Gasteiger partial charge in [0.2, 0.25) is 0 Å². The Kier molecular flexibility index (Phi) is 4.87. The Morgan fingerprint density at radius 3 is 2.42 bits per heavy atom. The molecule has 0 spiro atoms. The van der Waals surface area contributed by atoms with Crippen molar-refractivity contribution in [1.29, 1.82) is 0 Å². The van der Waals surface area contributed by atoms with Crippen LogP contribution in [0.1, 0.15) is 13.8 Å². The summed E-state index contributed by atoms with van der Waals surface area (Å²) in [4.78, 5) is 32.7. The van der Waals surface area contributed by atoms with Crippen LogP contribution >= 0.6 is 0 Å². The smallest absolute Gasteiger partial charge is 0.307 e. The third-order valence-electron chi connectivity index (χ3n) is 5.04. The van der Waals surface area contributed by atoms with E-state index in [1.165, 1.54) is 4.57 Å². The lowest BCUT2D eigenvalue weighted by Crippen LogP contribution is -2.53. The molecule has 1 aliphatic heterocycles. The molecule has 0 saturated carbocycles. The van der Waals surface area contributed by atoms with Crippen LogP contribution < -0.4 is 11.2 Å². The highest BCUT2D eigenvalue weighted by molar-refractivity contribution is 5.76. The van der Waals surface area contributed by atoms with E-state index in [4.69, 9.17) is 0 Å². The minimum Gasteiger partial charge on any atom is -0.307 e. The van der Waals surface area contributed by atoms with E-state index in [1.807, 2.05) is 12.1 Å². The van der Waals surface area contributed by atoms with Crippen molar-refractivity contribution < 1.29 is 0 Å². The van der Waals surface area contributed by atoms with Crippen LogP contribution in [0.3, 0.4) is 0 Å². The molecule has 1 fully saturated rings. The zero-order valence-electron chi connectivity index (χ0n) is 14.7. The molecular formula is C18H26N4O2. The van der Waals surface area contributed by atoms with E-state index in [0.29, 0.717) is 23.4 Å². The molecule has 6 heteroatoms. The molecule has 1 N–H and O–H groups in total. The third-order valence-corrected chi connectivity index (χ3v) is 5.04. The lowest BCUT2D eigenvalue weighted by Gasteiger charge is -2.39. The van der Waals surface area contributed by atoms with Crippen LogP contribution in [-0.2, 0) is 6.54 Å². The number of rotatable bonds is 4. The molecule has 3 rings (SSSR count). The molecule has 1 atom stereocenters. The van der Waals surface area contributed by atoms with Crippen LogP contribution in [0.25, 0.3) is 10.9 Å². The van der Waals surface area contributed by atoms with Crippen molar-refractivity contribution in [1.82, 2.24) is 19.4 Å². The van der Waals surface area contributed by atoms with Gasteiger partial charge in [-0.1, -0.05) is 26.0 Å². The second kappa shape index (κ2) is 6.91. The summed E-state index contributed by atoms with van der Waals surface area (Å²) >= 11 is 0. The van der Waals surface area contributed by atoms with E-state index in [-0.39, 0.29) is 17.3 Å². The first-order chi connectivity index (χ1) is 11.5. The number of benzene rings is 1. The minimum absolute atomic E-state index is 0.179. The Labute approximate surface area is 141 Å². The maximum absolute atomic E-state index is 12.8. The predicted molar refractivity (Wildman–Crippen MR) is 96.5 cm³/mol. The number of nitrogens with zero attached hydrogens (tertiary/aromatic N) is 3. The highest BCUT2D eigenvalue weighted by Gasteiger charge is 2.26. The van der Waals surface area contributed by atoms with Gasteiger partial charge in [0.15, 0.2) is 0 Å². The number of aromatic amines is 1. The Balaban J connectivity index is 1.94. The van der Waals surface area contributed by atoms with E-state index in [0.717, 1.165) is 26.2 Å². The first-order valence-corrected chi connectivity index (χ1v) is 8.62. The van der Waals surface area contributed by atoms with Gasteiger partial charge in [-0.3, -0.25) is 14.3 Å². The van der Waals surface area contributed by atoms with E-state index in [2.05, 4.69) is 35.7 Å². The summed E-state index contributed by atoms with van der Waals surface area (Å²) in [6.45, 7) is 8.73. The van der Waals surface area contributed by atoms with Crippen LogP contribution in [0.2, 0.25) is 0 Å². The molecule has 24 heavy (non-hydrogen) atoms. The molecule has 2 heterocycles. The van der Waals surface area contributed by atoms with Crippen molar-refractivity contribution >= 4 is 10.9 Å². The second-order valence-corrected chi connectivity index (χ2v) is 7.04. The van der Waals surface area contributed by atoms with Crippen molar-refractivity contribution in [2.75, 3.05) is 33.2 Å². The normalized spacial score (nSPS) is 18.3. The molecule has 1 saturated heterocycles. The lowest BCUT2D eigenvalue weighted by atomic mass is 10.0. The van der Waals surface area contributed by atoms with E-state index < -0.39 is 0 Å². The molecule has 0 aliphatic carbocycles. The monoisotopic (exact) mass is 330 g/mol. The molecule has 2 aromatic rings. The SMILES string of the molecule is CC(C)C(Cn1c(=O)[nH]c2ccccc2c1=O)N1CCN(C)CC1. The Bertz CT molecular complexity index is 816. The van der Waals surface area contributed by atoms with Gasteiger partial charge in [-0.2, -0.15) is 0 Å². The minimum atomic E-state index is -0.321. The average molecular weight is 330 g/mol. The molecule has 0 amide bonds. The van der Waals surface area contributed by atoms with Crippen LogP contribution in [0.5, 0.6) is 0 Å². The summed E-state index contributed by atoms with van der Waals surface area (Å²) in [6, 6.07) is 7.36. The molecule has 0 radical (unpaired) electrons. The van der Waals surface area contributed by atoms with Gasteiger partial charge in [-0.15, -0.1) is 0 Å². The van der Waals surface area contributed by atoms with Crippen LogP contribution in [0.15, 0.2) is 33.9 Å². The van der Waals surface area contributed by atoms with Gasteiger partial charge in [0, 0.05) is 38.8 Å². The third kappa shape index (κ3) is 3.30. The van der Waals surface area contributed by atoms with Crippen molar-refractivity contribution in [3.05, 3.63) is 45.1 Å². The largest absolute Gasteiger partial charge is 0.328 e. The predicted octanol–water partition coefficient (Wildman–Crippen LogP) is 0.962. The standard InChI is InChI=1S/C18H26N4O2/c1-13(2)16(21-10-8-20(3)9-11-21)12-22-17(23)14-6-4-5-7-15(14)19-18(22)24/h4-7,13,16H,8-12H2,1-3H3,(H,19,24). The van der Waals surface area contributed by atoms with Gasteiger partial charge in [0.1, 0.15) is 0 Å². The first kappa shape index (κ1) is 16.9. The van der Waals surface area contributed by atoms with Crippen molar-refractivity contribution in [2.45, 2.75) is 26.4 Å². The fourth-order valence-corrected chi connectivity index (χ4v) is 3.45.